The van der Waals surface area contributed by atoms with Gasteiger partial charge in [-0.25, -0.2) is 0 Å². The first-order valence-corrected chi connectivity index (χ1v) is 10.6. The number of hydrogen-bond acceptors (Lipinski definition) is 6. The predicted molar refractivity (Wildman–Crippen MR) is 118 cm³/mol. The molecule has 9 heteroatoms. The number of halogens is 3. The van der Waals surface area contributed by atoms with E-state index in [0.29, 0.717) is 35.8 Å². The van der Waals surface area contributed by atoms with Crippen molar-refractivity contribution in [3.05, 3.63) is 52.8 Å². The standard InChI is InChI=1S/C23H26F3N5O/c1-13-12-32-9-8-31(13)17-10-19-21(27-11-17)16(4)29-30-22(19)28-15(3)18-6-5-7-20(14(18)2)23(24,25)26/h5-7,10-11,13,15H,8-9,12H2,1-4H3,(H,28,30)/t13-,15-/m1/s1. The summed E-state index contributed by atoms with van der Waals surface area (Å²) in [6.45, 7) is 9.29. The first-order valence-electron chi connectivity index (χ1n) is 10.6. The van der Waals surface area contributed by atoms with E-state index in [0.717, 1.165) is 23.7 Å². The van der Waals surface area contributed by atoms with Crippen LogP contribution in [0.3, 0.4) is 0 Å². The lowest BCUT2D eigenvalue weighted by molar-refractivity contribution is -0.138. The molecular formula is C23H26F3N5O. The number of pyridine rings is 1. The minimum absolute atomic E-state index is 0.199. The van der Waals surface area contributed by atoms with Gasteiger partial charge in [-0.3, -0.25) is 4.98 Å². The van der Waals surface area contributed by atoms with Crippen molar-refractivity contribution in [2.24, 2.45) is 0 Å². The Kier molecular flexibility index (Phi) is 5.94. The predicted octanol–water partition coefficient (Wildman–Crippen LogP) is 5.06. The molecule has 0 amide bonds. The van der Waals surface area contributed by atoms with Crippen molar-refractivity contribution in [1.29, 1.82) is 0 Å². The molecule has 2 atom stereocenters. The second kappa shape index (κ2) is 8.54. The number of benzene rings is 1. The second-order valence-electron chi connectivity index (χ2n) is 8.22. The molecule has 0 bridgehead atoms. The molecular weight excluding hydrogens is 419 g/mol. The molecule has 0 saturated carbocycles. The van der Waals surface area contributed by atoms with Crippen LogP contribution in [0, 0.1) is 13.8 Å². The molecule has 2 aromatic heterocycles. The molecule has 1 fully saturated rings. The number of morpholine rings is 1. The van der Waals surface area contributed by atoms with Gasteiger partial charge >= 0.3 is 6.18 Å². The van der Waals surface area contributed by atoms with Crippen LogP contribution < -0.4 is 10.2 Å². The van der Waals surface area contributed by atoms with Crippen LogP contribution >= 0.6 is 0 Å². The molecule has 1 aliphatic heterocycles. The van der Waals surface area contributed by atoms with E-state index >= 15 is 0 Å². The van der Waals surface area contributed by atoms with Crippen molar-refractivity contribution in [3.8, 4) is 0 Å². The van der Waals surface area contributed by atoms with Gasteiger partial charge in [-0.2, -0.15) is 18.3 Å². The summed E-state index contributed by atoms with van der Waals surface area (Å²) in [4.78, 5) is 6.85. The normalized spacial score (nSPS) is 18.1. The molecule has 0 radical (unpaired) electrons. The Hall–Kier alpha value is -2.94. The average molecular weight is 445 g/mol. The largest absolute Gasteiger partial charge is 0.416 e. The van der Waals surface area contributed by atoms with Crippen LogP contribution in [0.5, 0.6) is 0 Å². The lowest BCUT2D eigenvalue weighted by Crippen LogP contribution is -2.43. The first-order chi connectivity index (χ1) is 15.2. The molecule has 0 unspecified atom stereocenters. The number of fused-ring (bicyclic) bond motifs is 1. The SMILES string of the molecule is Cc1c([C@@H](C)Nc2nnc(C)c3ncc(N4CCOC[C@H]4C)cc23)cccc1C(F)(F)F. The highest BCUT2D eigenvalue weighted by molar-refractivity contribution is 5.92. The Bertz CT molecular complexity index is 1130. The first kappa shape index (κ1) is 22.3. The van der Waals surface area contributed by atoms with Crippen molar-refractivity contribution in [1.82, 2.24) is 15.2 Å². The molecule has 1 aliphatic rings. The minimum atomic E-state index is -4.40. The zero-order chi connectivity index (χ0) is 23.0. The van der Waals surface area contributed by atoms with Crippen LogP contribution in [0.25, 0.3) is 10.9 Å². The molecule has 1 N–H and O–H groups in total. The number of anilines is 2. The third-order valence-corrected chi connectivity index (χ3v) is 5.97. The summed E-state index contributed by atoms with van der Waals surface area (Å²) in [7, 11) is 0. The van der Waals surface area contributed by atoms with Gasteiger partial charge in [-0.1, -0.05) is 12.1 Å². The van der Waals surface area contributed by atoms with Crippen LogP contribution in [0.4, 0.5) is 24.7 Å². The van der Waals surface area contributed by atoms with Crippen molar-refractivity contribution < 1.29 is 17.9 Å². The van der Waals surface area contributed by atoms with E-state index < -0.39 is 17.8 Å². The van der Waals surface area contributed by atoms with Crippen molar-refractivity contribution in [3.63, 3.8) is 0 Å². The number of alkyl halides is 3. The summed E-state index contributed by atoms with van der Waals surface area (Å²) in [5.74, 6) is 0.491. The zero-order valence-electron chi connectivity index (χ0n) is 18.5. The van der Waals surface area contributed by atoms with Gasteiger partial charge in [0.2, 0.25) is 0 Å². The maximum atomic E-state index is 13.4. The summed E-state index contributed by atoms with van der Waals surface area (Å²) in [5, 5.41) is 12.6. The Morgan fingerprint density at radius 1 is 1.22 bits per heavy atom. The molecule has 1 aromatic carbocycles. The number of aryl methyl sites for hydroxylation is 1. The highest BCUT2D eigenvalue weighted by atomic mass is 19.4. The van der Waals surface area contributed by atoms with E-state index in [1.807, 2.05) is 26.1 Å². The molecule has 32 heavy (non-hydrogen) atoms. The summed E-state index contributed by atoms with van der Waals surface area (Å²) in [5.41, 5.74) is 2.47. The van der Waals surface area contributed by atoms with E-state index in [1.165, 1.54) is 13.0 Å². The highest BCUT2D eigenvalue weighted by Crippen LogP contribution is 2.36. The monoisotopic (exact) mass is 445 g/mol. The molecule has 0 spiro atoms. The van der Waals surface area contributed by atoms with Gasteiger partial charge in [0.25, 0.3) is 0 Å². The van der Waals surface area contributed by atoms with E-state index in [-0.39, 0.29) is 11.6 Å². The Morgan fingerprint density at radius 2 is 2.00 bits per heavy atom. The molecule has 0 aliphatic carbocycles. The van der Waals surface area contributed by atoms with Crippen LogP contribution in [-0.4, -0.2) is 41.0 Å². The van der Waals surface area contributed by atoms with E-state index in [9.17, 15) is 13.2 Å². The average Bonchev–Trinajstić information content (AvgIpc) is 2.75. The van der Waals surface area contributed by atoms with Crippen LogP contribution in [0.15, 0.2) is 30.5 Å². The fourth-order valence-corrected chi connectivity index (χ4v) is 4.24. The third kappa shape index (κ3) is 4.21. The number of nitrogens with zero attached hydrogens (tertiary/aromatic N) is 4. The number of ether oxygens (including phenoxy) is 1. The summed E-state index contributed by atoms with van der Waals surface area (Å²) in [6, 6.07) is 6.05. The molecule has 170 valence electrons. The van der Waals surface area contributed by atoms with Crippen LogP contribution in [0.2, 0.25) is 0 Å². The zero-order valence-corrected chi connectivity index (χ0v) is 18.5. The smallest absolute Gasteiger partial charge is 0.377 e. The lowest BCUT2D eigenvalue weighted by Gasteiger charge is -2.35. The minimum Gasteiger partial charge on any atom is -0.377 e. The Labute approximate surface area is 184 Å². The number of hydrogen-bond donors (Lipinski definition) is 1. The number of rotatable bonds is 4. The number of aromatic nitrogens is 3. The summed E-state index contributed by atoms with van der Waals surface area (Å²) < 4.78 is 45.6. The van der Waals surface area contributed by atoms with E-state index in [1.54, 1.807) is 6.07 Å². The van der Waals surface area contributed by atoms with Gasteiger partial charge in [0.1, 0.15) is 0 Å². The highest BCUT2D eigenvalue weighted by Gasteiger charge is 2.33. The molecule has 3 heterocycles. The Balaban J connectivity index is 1.72. The van der Waals surface area contributed by atoms with Crippen LogP contribution in [-0.2, 0) is 10.9 Å². The molecule has 6 nitrogen and oxygen atoms in total. The van der Waals surface area contributed by atoms with E-state index in [4.69, 9.17) is 4.74 Å². The maximum absolute atomic E-state index is 13.4. The summed E-state index contributed by atoms with van der Waals surface area (Å²) >= 11 is 0. The quantitative estimate of drug-likeness (QED) is 0.606. The molecule has 3 aromatic rings. The third-order valence-electron chi connectivity index (χ3n) is 5.97. The number of nitrogens with one attached hydrogen (secondary N) is 1. The van der Waals surface area contributed by atoms with Gasteiger partial charge < -0.3 is 15.0 Å². The van der Waals surface area contributed by atoms with E-state index in [2.05, 4.69) is 32.3 Å². The van der Waals surface area contributed by atoms with Gasteiger partial charge in [-0.05, 0) is 51.0 Å². The Morgan fingerprint density at radius 3 is 2.72 bits per heavy atom. The second-order valence-corrected chi connectivity index (χ2v) is 8.22. The lowest BCUT2D eigenvalue weighted by atomic mass is 9.97. The maximum Gasteiger partial charge on any atom is 0.416 e. The van der Waals surface area contributed by atoms with Gasteiger partial charge in [-0.15, -0.1) is 5.10 Å². The van der Waals surface area contributed by atoms with Crippen molar-refractivity contribution >= 4 is 22.4 Å². The fourth-order valence-electron chi connectivity index (χ4n) is 4.24. The fraction of sp³-hybridized carbons (Fsp3) is 0.435. The van der Waals surface area contributed by atoms with Gasteiger partial charge in [0.05, 0.1) is 47.9 Å². The van der Waals surface area contributed by atoms with Crippen molar-refractivity contribution in [2.45, 2.75) is 46.0 Å². The molecule has 4 rings (SSSR count). The topological polar surface area (TPSA) is 63.2 Å². The van der Waals surface area contributed by atoms with Crippen LogP contribution in [0.1, 0.15) is 42.3 Å². The summed E-state index contributed by atoms with van der Waals surface area (Å²) in [6.07, 6.45) is -2.58. The molecule has 1 saturated heterocycles. The van der Waals surface area contributed by atoms with Gasteiger partial charge in [0.15, 0.2) is 5.82 Å². The van der Waals surface area contributed by atoms with Gasteiger partial charge in [0, 0.05) is 18.0 Å². The van der Waals surface area contributed by atoms with Crippen molar-refractivity contribution in [2.75, 3.05) is 30.0 Å².